The number of carboxylic acids is 1. The van der Waals surface area contributed by atoms with Gasteiger partial charge in [0.05, 0.1) is 0 Å². The maximum absolute atomic E-state index is 11.0. The topological polar surface area (TPSA) is 46.5 Å². The first kappa shape index (κ1) is 10.6. The third-order valence-corrected chi connectivity index (χ3v) is 2.57. The smallest absolute Gasteiger partial charge is 0.337 e. The van der Waals surface area contributed by atoms with Gasteiger partial charge < -0.3 is 9.84 Å². The Hall–Kier alpha value is -1.87. The van der Waals surface area contributed by atoms with Gasteiger partial charge in [-0.3, -0.25) is 0 Å². The Labute approximate surface area is 93.3 Å². The standard InChI is InChI=1S/C13H12O3/c1-16-12(13(14)15)11-8-4-6-9-5-2-3-7-10(9)11/h2-8,12H,1H3,(H,14,15). The number of methoxy groups -OCH3 is 1. The molecule has 1 atom stereocenters. The zero-order valence-electron chi connectivity index (χ0n) is 8.88. The molecule has 1 unspecified atom stereocenters. The summed E-state index contributed by atoms with van der Waals surface area (Å²) >= 11 is 0. The first-order valence-corrected chi connectivity index (χ1v) is 4.97. The molecule has 16 heavy (non-hydrogen) atoms. The number of aliphatic carboxylic acids is 1. The summed E-state index contributed by atoms with van der Waals surface area (Å²) in [6, 6.07) is 13.2. The van der Waals surface area contributed by atoms with Crippen molar-refractivity contribution in [3.05, 3.63) is 48.0 Å². The number of rotatable bonds is 3. The van der Waals surface area contributed by atoms with Crippen LogP contribution >= 0.6 is 0 Å². The van der Waals surface area contributed by atoms with Gasteiger partial charge in [-0.15, -0.1) is 0 Å². The molecule has 1 N–H and O–H groups in total. The fraction of sp³-hybridized carbons (Fsp3) is 0.154. The van der Waals surface area contributed by atoms with E-state index in [1.165, 1.54) is 7.11 Å². The van der Waals surface area contributed by atoms with Crippen LogP contribution in [-0.4, -0.2) is 18.2 Å². The molecule has 0 saturated carbocycles. The summed E-state index contributed by atoms with van der Waals surface area (Å²) in [7, 11) is 1.40. The van der Waals surface area contributed by atoms with Crippen molar-refractivity contribution in [2.75, 3.05) is 7.11 Å². The molecule has 0 aliphatic carbocycles. The third kappa shape index (κ3) is 1.77. The largest absolute Gasteiger partial charge is 0.479 e. The Bertz CT molecular complexity index is 514. The number of fused-ring (bicyclic) bond motifs is 1. The van der Waals surface area contributed by atoms with E-state index in [1.54, 1.807) is 6.07 Å². The molecule has 0 radical (unpaired) electrons. The summed E-state index contributed by atoms with van der Waals surface area (Å²) in [5.41, 5.74) is 0.688. The molecule has 3 nitrogen and oxygen atoms in total. The lowest BCUT2D eigenvalue weighted by atomic mass is 10.0. The Balaban J connectivity index is 2.63. The van der Waals surface area contributed by atoms with Crippen molar-refractivity contribution >= 4 is 16.7 Å². The molecule has 2 rings (SSSR count). The molecule has 0 amide bonds. The predicted octanol–water partition coefficient (Wildman–Crippen LogP) is 2.61. The zero-order chi connectivity index (χ0) is 11.5. The van der Waals surface area contributed by atoms with E-state index < -0.39 is 12.1 Å². The minimum atomic E-state index is -0.973. The summed E-state index contributed by atoms with van der Waals surface area (Å²) in [5, 5.41) is 11.0. The van der Waals surface area contributed by atoms with Crippen LogP contribution in [0.4, 0.5) is 0 Å². The van der Waals surface area contributed by atoms with Crippen LogP contribution in [0.15, 0.2) is 42.5 Å². The van der Waals surface area contributed by atoms with Crippen LogP contribution in [0, 0.1) is 0 Å². The van der Waals surface area contributed by atoms with Gasteiger partial charge in [0.25, 0.3) is 0 Å². The fourth-order valence-electron chi connectivity index (χ4n) is 1.84. The van der Waals surface area contributed by atoms with Gasteiger partial charge in [-0.2, -0.15) is 0 Å². The van der Waals surface area contributed by atoms with Crippen LogP contribution in [0.3, 0.4) is 0 Å². The van der Waals surface area contributed by atoms with E-state index in [9.17, 15) is 4.79 Å². The van der Waals surface area contributed by atoms with Crippen molar-refractivity contribution in [3.63, 3.8) is 0 Å². The number of ether oxygens (including phenoxy) is 1. The number of hydrogen-bond acceptors (Lipinski definition) is 2. The molecule has 0 aliphatic rings. The highest BCUT2D eigenvalue weighted by molar-refractivity contribution is 5.90. The Morgan fingerprint density at radius 1 is 1.19 bits per heavy atom. The summed E-state index contributed by atoms with van der Waals surface area (Å²) in [6.45, 7) is 0. The van der Waals surface area contributed by atoms with Gasteiger partial charge in [0.15, 0.2) is 6.10 Å². The molecule has 0 aromatic heterocycles. The number of benzene rings is 2. The first-order chi connectivity index (χ1) is 7.74. The second-order valence-corrected chi connectivity index (χ2v) is 3.52. The molecule has 0 fully saturated rings. The average Bonchev–Trinajstić information content (AvgIpc) is 2.30. The molecule has 82 valence electrons. The summed E-state index contributed by atoms with van der Waals surface area (Å²) in [6.07, 6.45) is -0.911. The highest BCUT2D eigenvalue weighted by atomic mass is 16.5. The number of carboxylic acid groups (broad SMARTS) is 1. The fourth-order valence-corrected chi connectivity index (χ4v) is 1.84. The normalized spacial score (nSPS) is 12.6. The lowest BCUT2D eigenvalue weighted by Crippen LogP contribution is -2.13. The van der Waals surface area contributed by atoms with Gasteiger partial charge in [-0.05, 0) is 16.3 Å². The number of carbonyl (C=O) groups is 1. The lowest BCUT2D eigenvalue weighted by Gasteiger charge is -2.13. The molecule has 2 aromatic rings. The molecule has 0 heterocycles. The van der Waals surface area contributed by atoms with Gasteiger partial charge in [-0.25, -0.2) is 4.79 Å². The van der Waals surface area contributed by atoms with Gasteiger partial charge in [0.2, 0.25) is 0 Å². The van der Waals surface area contributed by atoms with Crippen LogP contribution in [0.2, 0.25) is 0 Å². The van der Waals surface area contributed by atoms with E-state index in [0.29, 0.717) is 5.56 Å². The summed E-state index contributed by atoms with van der Waals surface area (Å²) < 4.78 is 5.01. The van der Waals surface area contributed by atoms with E-state index in [2.05, 4.69) is 0 Å². The predicted molar refractivity (Wildman–Crippen MR) is 61.3 cm³/mol. The highest BCUT2D eigenvalue weighted by Gasteiger charge is 2.20. The van der Waals surface area contributed by atoms with Crippen LogP contribution in [0.5, 0.6) is 0 Å². The van der Waals surface area contributed by atoms with E-state index in [1.807, 2.05) is 36.4 Å². The molecule has 3 heteroatoms. The quantitative estimate of drug-likeness (QED) is 0.857. The van der Waals surface area contributed by atoms with Gasteiger partial charge >= 0.3 is 5.97 Å². The lowest BCUT2D eigenvalue weighted by molar-refractivity contribution is -0.148. The van der Waals surface area contributed by atoms with Crippen LogP contribution in [-0.2, 0) is 9.53 Å². The van der Waals surface area contributed by atoms with Crippen LogP contribution in [0.25, 0.3) is 10.8 Å². The second-order valence-electron chi connectivity index (χ2n) is 3.52. The van der Waals surface area contributed by atoms with Crippen LogP contribution < -0.4 is 0 Å². The van der Waals surface area contributed by atoms with Crippen molar-refractivity contribution in [1.29, 1.82) is 0 Å². The first-order valence-electron chi connectivity index (χ1n) is 4.97. The zero-order valence-corrected chi connectivity index (χ0v) is 8.88. The van der Waals surface area contributed by atoms with Crippen molar-refractivity contribution in [3.8, 4) is 0 Å². The average molecular weight is 216 g/mol. The van der Waals surface area contributed by atoms with Crippen molar-refractivity contribution < 1.29 is 14.6 Å². The van der Waals surface area contributed by atoms with Crippen molar-refractivity contribution in [1.82, 2.24) is 0 Å². The van der Waals surface area contributed by atoms with Crippen molar-refractivity contribution in [2.24, 2.45) is 0 Å². The van der Waals surface area contributed by atoms with E-state index in [0.717, 1.165) is 10.8 Å². The van der Waals surface area contributed by atoms with Crippen molar-refractivity contribution in [2.45, 2.75) is 6.10 Å². The highest BCUT2D eigenvalue weighted by Crippen LogP contribution is 2.26. The third-order valence-electron chi connectivity index (χ3n) is 2.57. The van der Waals surface area contributed by atoms with Crippen LogP contribution in [0.1, 0.15) is 11.7 Å². The Morgan fingerprint density at radius 3 is 2.56 bits per heavy atom. The molecule has 2 aromatic carbocycles. The molecule has 0 aliphatic heterocycles. The molecule has 0 spiro atoms. The molecule has 0 saturated heterocycles. The molecular weight excluding hydrogens is 204 g/mol. The Morgan fingerprint density at radius 2 is 1.88 bits per heavy atom. The Kier molecular flexibility index (Phi) is 2.88. The summed E-state index contributed by atoms with van der Waals surface area (Å²) in [5.74, 6) is -0.973. The van der Waals surface area contributed by atoms with Gasteiger partial charge in [-0.1, -0.05) is 42.5 Å². The SMILES string of the molecule is COC(C(=O)O)c1cccc2ccccc12. The monoisotopic (exact) mass is 216 g/mol. The second kappa shape index (κ2) is 4.33. The number of hydrogen-bond donors (Lipinski definition) is 1. The minimum Gasteiger partial charge on any atom is -0.479 e. The van der Waals surface area contributed by atoms with E-state index in [4.69, 9.17) is 9.84 Å². The maximum atomic E-state index is 11.0. The van der Waals surface area contributed by atoms with E-state index in [-0.39, 0.29) is 0 Å². The molecular formula is C13H12O3. The summed E-state index contributed by atoms with van der Waals surface area (Å²) in [4.78, 5) is 11.0. The van der Waals surface area contributed by atoms with Gasteiger partial charge in [0.1, 0.15) is 0 Å². The maximum Gasteiger partial charge on any atom is 0.337 e. The minimum absolute atomic E-state index is 0.688. The molecule has 0 bridgehead atoms. The van der Waals surface area contributed by atoms with E-state index >= 15 is 0 Å². The van der Waals surface area contributed by atoms with Gasteiger partial charge in [0, 0.05) is 7.11 Å².